The van der Waals surface area contributed by atoms with Gasteiger partial charge in [-0.15, -0.1) is 0 Å². The normalized spacial score (nSPS) is 17.6. The van der Waals surface area contributed by atoms with Gasteiger partial charge >= 0.3 is 0 Å². The molecule has 0 saturated carbocycles. The van der Waals surface area contributed by atoms with Gasteiger partial charge in [-0.2, -0.15) is 0 Å². The van der Waals surface area contributed by atoms with E-state index >= 15 is 0 Å². The molecule has 1 fully saturated rings. The van der Waals surface area contributed by atoms with Crippen molar-refractivity contribution in [2.24, 2.45) is 5.41 Å². The summed E-state index contributed by atoms with van der Waals surface area (Å²) in [6.45, 7) is 5.85. The van der Waals surface area contributed by atoms with Crippen LogP contribution in [0.3, 0.4) is 0 Å². The highest BCUT2D eigenvalue weighted by Crippen LogP contribution is 2.27. The molecule has 1 aromatic carbocycles. The second-order valence-electron chi connectivity index (χ2n) is 4.88. The highest BCUT2D eigenvalue weighted by atomic mass is 79.9. The van der Waals surface area contributed by atoms with Gasteiger partial charge in [0.2, 0.25) is 0 Å². The lowest BCUT2D eigenvalue weighted by Gasteiger charge is -2.38. The maximum Gasteiger partial charge on any atom is 0.133 e. The minimum Gasteiger partial charge on any atom is -0.496 e. The average molecular weight is 300 g/mol. The Hall–Kier alpha value is -0.580. The van der Waals surface area contributed by atoms with E-state index in [1.54, 1.807) is 7.11 Å². The number of halogens is 1. The van der Waals surface area contributed by atoms with Crippen LogP contribution in [0.2, 0.25) is 0 Å². The van der Waals surface area contributed by atoms with Crippen LogP contribution in [0.1, 0.15) is 12.5 Å². The van der Waals surface area contributed by atoms with Crippen molar-refractivity contribution < 1.29 is 9.47 Å². The van der Waals surface area contributed by atoms with E-state index in [1.807, 2.05) is 6.07 Å². The standard InChI is InChI=1S/C13H18BrNO2/c1-13(8-17-9-13)7-15-6-10-3-4-12(16-2)11(14)5-10/h3-5,15H,6-9H2,1-2H3. The van der Waals surface area contributed by atoms with Crippen molar-refractivity contribution in [2.75, 3.05) is 26.9 Å². The van der Waals surface area contributed by atoms with Gasteiger partial charge in [-0.3, -0.25) is 0 Å². The lowest BCUT2D eigenvalue weighted by molar-refractivity contribution is -0.0991. The fourth-order valence-corrected chi connectivity index (χ4v) is 2.47. The Morgan fingerprint density at radius 2 is 2.24 bits per heavy atom. The first-order valence-corrected chi connectivity index (χ1v) is 6.53. The van der Waals surface area contributed by atoms with Gasteiger partial charge in [0, 0.05) is 18.5 Å². The van der Waals surface area contributed by atoms with Crippen LogP contribution in [0.25, 0.3) is 0 Å². The largest absolute Gasteiger partial charge is 0.496 e. The maximum absolute atomic E-state index is 5.23. The fraction of sp³-hybridized carbons (Fsp3) is 0.538. The first-order chi connectivity index (χ1) is 8.13. The SMILES string of the molecule is COc1ccc(CNCC2(C)COC2)cc1Br. The maximum atomic E-state index is 5.23. The molecule has 1 aliphatic heterocycles. The first-order valence-electron chi connectivity index (χ1n) is 5.74. The average Bonchev–Trinajstić information content (AvgIpc) is 2.27. The molecule has 94 valence electrons. The van der Waals surface area contributed by atoms with Crippen LogP contribution in [0.5, 0.6) is 5.75 Å². The van der Waals surface area contributed by atoms with Crippen molar-refractivity contribution in [3.8, 4) is 5.75 Å². The summed E-state index contributed by atoms with van der Waals surface area (Å²) in [5, 5.41) is 3.47. The molecule has 0 bridgehead atoms. The van der Waals surface area contributed by atoms with Crippen LogP contribution in [-0.2, 0) is 11.3 Å². The second kappa shape index (κ2) is 5.38. The molecule has 1 N–H and O–H groups in total. The van der Waals surface area contributed by atoms with Crippen LogP contribution in [0.15, 0.2) is 22.7 Å². The van der Waals surface area contributed by atoms with E-state index in [9.17, 15) is 0 Å². The zero-order chi connectivity index (χ0) is 12.3. The molecule has 0 spiro atoms. The van der Waals surface area contributed by atoms with E-state index in [1.165, 1.54) is 5.56 Å². The highest BCUT2D eigenvalue weighted by molar-refractivity contribution is 9.10. The zero-order valence-electron chi connectivity index (χ0n) is 10.3. The van der Waals surface area contributed by atoms with E-state index in [0.717, 1.165) is 36.5 Å². The predicted molar refractivity (Wildman–Crippen MR) is 71.3 cm³/mol. The van der Waals surface area contributed by atoms with Crippen molar-refractivity contribution in [3.05, 3.63) is 28.2 Å². The lowest BCUT2D eigenvalue weighted by Crippen LogP contribution is -2.47. The first kappa shape index (κ1) is 12.9. The van der Waals surface area contributed by atoms with E-state index in [2.05, 4.69) is 40.3 Å². The number of nitrogens with one attached hydrogen (secondary N) is 1. The lowest BCUT2D eigenvalue weighted by atomic mass is 9.89. The van der Waals surface area contributed by atoms with E-state index in [4.69, 9.17) is 9.47 Å². The van der Waals surface area contributed by atoms with Gasteiger partial charge in [-0.05, 0) is 33.6 Å². The van der Waals surface area contributed by atoms with Gasteiger partial charge in [-0.25, -0.2) is 0 Å². The zero-order valence-corrected chi connectivity index (χ0v) is 11.8. The Morgan fingerprint density at radius 3 is 2.76 bits per heavy atom. The van der Waals surface area contributed by atoms with Crippen LogP contribution in [0.4, 0.5) is 0 Å². The molecule has 0 aliphatic carbocycles. The molecule has 3 nitrogen and oxygen atoms in total. The summed E-state index contributed by atoms with van der Waals surface area (Å²) in [5.41, 5.74) is 1.57. The quantitative estimate of drug-likeness (QED) is 0.906. The molecule has 1 aromatic rings. The van der Waals surface area contributed by atoms with Gasteiger partial charge in [0.15, 0.2) is 0 Å². The smallest absolute Gasteiger partial charge is 0.133 e. The van der Waals surface area contributed by atoms with Crippen molar-refractivity contribution in [3.63, 3.8) is 0 Å². The van der Waals surface area contributed by atoms with Gasteiger partial charge in [0.1, 0.15) is 5.75 Å². The topological polar surface area (TPSA) is 30.5 Å². The molecule has 0 amide bonds. The summed E-state index contributed by atoms with van der Waals surface area (Å²) in [6, 6.07) is 6.15. The summed E-state index contributed by atoms with van der Waals surface area (Å²) in [6.07, 6.45) is 0. The molecular weight excluding hydrogens is 282 g/mol. The molecule has 1 saturated heterocycles. The minimum atomic E-state index is 0.323. The number of rotatable bonds is 5. The molecule has 0 atom stereocenters. The van der Waals surface area contributed by atoms with E-state index in [-0.39, 0.29) is 0 Å². The Balaban J connectivity index is 1.84. The van der Waals surface area contributed by atoms with Crippen LogP contribution in [-0.4, -0.2) is 26.9 Å². The molecule has 0 aromatic heterocycles. The number of benzene rings is 1. The van der Waals surface area contributed by atoms with Gasteiger partial charge < -0.3 is 14.8 Å². The molecular formula is C13H18BrNO2. The van der Waals surface area contributed by atoms with Crippen LogP contribution in [0, 0.1) is 5.41 Å². The number of hydrogen-bond donors (Lipinski definition) is 1. The second-order valence-corrected chi connectivity index (χ2v) is 5.73. The summed E-state index contributed by atoms with van der Waals surface area (Å²) < 4.78 is 11.4. The van der Waals surface area contributed by atoms with E-state index in [0.29, 0.717) is 5.41 Å². The Bertz CT molecular complexity index is 391. The van der Waals surface area contributed by atoms with Crippen LogP contribution < -0.4 is 10.1 Å². The molecule has 1 heterocycles. The molecule has 17 heavy (non-hydrogen) atoms. The van der Waals surface area contributed by atoms with Gasteiger partial charge in [0.05, 0.1) is 24.8 Å². The van der Waals surface area contributed by atoms with Gasteiger partial charge in [-0.1, -0.05) is 13.0 Å². The number of hydrogen-bond acceptors (Lipinski definition) is 3. The summed E-state index contributed by atoms with van der Waals surface area (Å²) in [5.74, 6) is 0.869. The van der Waals surface area contributed by atoms with E-state index < -0.39 is 0 Å². The third-order valence-corrected chi connectivity index (χ3v) is 3.62. The molecule has 1 aliphatic rings. The van der Waals surface area contributed by atoms with Crippen LogP contribution >= 0.6 is 15.9 Å². The third-order valence-electron chi connectivity index (χ3n) is 3.00. The molecule has 0 radical (unpaired) electrons. The Labute approximate surface area is 111 Å². The van der Waals surface area contributed by atoms with Gasteiger partial charge in [0.25, 0.3) is 0 Å². The third kappa shape index (κ3) is 3.21. The molecule has 2 rings (SSSR count). The summed E-state index contributed by atoms with van der Waals surface area (Å²) >= 11 is 3.49. The minimum absolute atomic E-state index is 0.323. The Kier molecular flexibility index (Phi) is 4.07. The molecule has 4 heteroatoms. The van der Waals surface area contributed by atoms with Crippen molar-refractivity contribution in [1.82, 2.24) is 5.32 Å². The van der Waals surface area contributed by atoms with Crippen molar-refractivity contribution in [2.45, 2.75) is 13.5 Å². The highest BCUT2D eigenvalue weighted by Gasteiger charge is 2.32. The summed E-state index contributed by atoms with van der Waals surface area (Å²) in [4.78, 5) is 0. The number of ether oxygens (including phenoxy) is 2. The van der Waals surface area contributed by atoms with Crippen molar-refractivity contribution in [1.29, 1.82) is 0 Å². The monoisotopic (exact) mass is 299 g/mol. The Morgan fingerprint density at radius 1 is 1.47 bits per heavy atom. The molecule has 0 unspecified atom stereocenters. The fourth-order valence-electron chi connectivity index (χ4n) is 1.88. The summed E-state index contributed by atoms with van der Waals surface area (Å²) in [7, 11) is 1.68. The van der Waals surface area contributed by atoms with Crippen molar-refractivity contribution >= 4 is 15.9 Å². The number of methoxy groups -OCH3 is 1. The predicted octanol–water partition coefficient (Wildman–Crippen LogP) is 2.58.